The molecule has 29 heavy (non-hydrogen) atoms. The SMILES string of the molecule is CC(=O)OC#CC1CC2C(=O)C(O)CC[C@]2(C)[C@@H]2CC[C@]3(C)C(O)C(O)C[C@H]3[C@H]12. The molecule has 4 fully saturated rings. The zero-order valence-electron chi connectivity index (χ0n) is 17.4. The first-order valence-corrected chi connectivity index (χ1v) is 10.9. The number of Topliss-reactive ketones (excluding diaryl/α,β-unsaturated/α-hetero) is 1. The number of aliphatic hydroxyl groups is 3. The van der Waals surface area contributed by atoms with Gasteiger partial charge in [0.1, 0.15) is 12.2 Å². The quantitative estimate of drug-likeness (QED) is 0.419. The van der Waals surface area contributed by atoms with Gasteiger partial charge in [-0.25, -0.2) is 0 Å². The first-order valence-electron chi connectivity index (χ1n) is 10.9. The van der Waals surface area contributed by atoms with Gasteiger partial charge in [0.2, 0.25) is 0 Å². The molecule has 0 bridgehead atoms. The van der Waals surface area contributed by atoms with E-state index in [9.17, 15) is 24.9 Å². The Bertz CT molecular complexity index is 767. The van der Waals surface area contributed by atoms with Crippen LogP contribution in [0.2, 0.25) is 0 Å². The summed E-state index contributed by atoms with van der Waals surface area (Å²) in [6.45, 7) is 5.55. The van der Waals surface area contributed by atoms with E-state index in [0.717, 1.165) is 19.3 Å². The van der Waals surface area contributed by atoms with Crippen LogP contribution in [-0.4, -0.2) is 45.4 Å². The molecule has 4 rings (SSSR count). The van der Waals surface area contributed by atoms with Crippen LogP contribution < -0.4 is 0 Å². The molecule has 4 aliphatic carbocycles. The first kappa shape index (κ1) is 20.8. The molecule has 0 saturated heterocycles. The molecule has 10 atom stereocenters. The highest BCUT2D eigenvalue weighted by Gasteiger charge is 2.65. The molecule has 0 heterocycles. The minimum Gasteiger partial charge on any atom is -0.390 e. The Morgan fingerprint density at radius 1 is 1.07 bits per heavy atom. The Balaban J connectivity index is 1.75. The molecule has 6 nitrogen and oxygen atoms in total. The third kappa shape index (κ3) is 3.05. The summed E-state index contributed by atoms with van der Waals surface area (Å²) >= 11 is 0. The van der Waals surface area contributed by atoms with Gasteiger partial charge >= 0.3 is 5.97 Å². The topological polar surface area (TPSA) is 104 Å². The van der Waals surface area contributed by atoms with Crippen molar-refractivity contribution in [3.05, 3.63) is 0 Å². The molecule has 0 aromatic heterocycles. The lowest BCUT2D eigenvalue weighted by atomic mass is 9.42. The molecule has 160 valence electrons. The highest BCUT2D eigenvalue weighted by molar-refractivity contribution is 5.87. The number of hydrogen-bond donors (Lipinski definition) is 3. The smallest absolute Gasteiger partial charge is 0.316 e. The molecule has 0 aromatic rings. The average Bonchev–Trinajstić information content (AvgIpc) is 2.89. The van der Waals surface area contributed by atoms with Gasteiger partial charge in [0.15, 0.2) is 5.78 Å². The van der Waals surface area contributed by atoms with Gasteiger partial charge in [-0.3, -0.25) is 9.59 Å². The highest BCUT2D eigenvalue weighted by Crippen LogP contribution is 2.67. The fourth-order valence-corrected chi connectivity index (χ4v) is 7.41. The number of fused-ring (bicyclic) bond motifs is 5. The van der Waals surface area contributed by atoms with Crippen LogP contribution in [0.3, 0.4) is 0 Å². The van der Waals surface area contributed by atoms with Crippen LogP contribution in [0, 0.1) is 52.4 Å². The van der Waals surface area contributed by atoms with Crippen LogP contribution in [-0.2, 0) is 14.3 Å². The number of ketones is 1. The van der Waals surface area contributed by atoms with Gasteiger partial charge in [0, 0.05) is 18.8 Å². The lowest BCUT2D eigenvalue weighted by Crippen LogP contribution is -2.59. The molecule has 0 radical (unpaired) electrons. The van der Waals surface area contributed by atoms with E-state index in [2.05, 4.69) is 25.9 Å². The first-order chi connectivity index (χ1) is 13.6. The van der Waals surface area contributed by atoms with Crippen molar-refractivity contribution < 1.29 is 29.6 Å². The van der Waals surface area contributed by atoms with E-state index in [0.29, 0.717) is 19.3 Å². The molecule has 3 N–H and O–H groups in total. The molecular formula is C23H32O6. The van der Waals surface area contributed by atoms with Crippen molar-refractivity contribution in [2.24, 2.45) is 40.4 Å². The van der Waals surface area contributed by atoms with Crippen molar-refractivity contribution in [1.29, 1.82) is 0 Å². The van der Waals surface area contributed by atoms with Gasteiger partial charge in [-0.05, 0) is 67.1 Å². The van der Waals surface area contributed by atoms with E-state index < -0.39 is 24.3 Å². The molecule has 4 aliphatic rings. The molecular weight excluding hydrogens is 372 g/mol. The molecule has 6 heteroatoms. The Hall–Kier alpha value is -1.42. The highest BCUT2D eigenvalue weighted by atomic mass is 16.5. The van der Waals surface area contributed by atoms with Crippen LogP contribution in [0.4, 0.5) is 0 Å². The number of carbonyl (C=O) groups is 2. The van der Waals surface area contributed by atoms with Crippen LogP contribution in [0.25, 0.3) is 0 Å². The van der Waals surface area contributed by atoms with E-state index in [-0.39, 0.29) is 46.2 Å². The number of rotatable bonds is 0. The lowest BCUT2D eigenvalue weighted by Gasteiger charge is -2.61. The Morgan fingerprint density at radius 2 is 1.76 bits per heavy atom. The van der Waals surface area contributed by atoms with Crippen molar-refractivity contribution in [3.8, 4) is 12.0 Å². The summed E-state index contributed by atoms with van der Waals surface area (Å²) in [5.74, 6) is 2.56. The third-order valence-corrected chi connectivity index (χ3v) is 8.97. The van der Waals surface area contributed by atoms with Gasteiger partial charge in [-0.1, -0.05) is 19.8 Å². The number of hydrogen-bond acceptors (Lipinski definition) is 6. The van der Waals surface area contributed by atoms with E-state index >= 15 is 0 Å². The number of aliphatic hydroxyl groups excluding tert-OH is 3. The zero-order valence-corrected chi connectivity index (χ0v) is 17.4. The second-order valence-corrected chi connectivity index (χ2v) is 10.3. The van der Waals surface area contributed by atoms with E-state index in [4.69, 9.17) is 4.74 Å². The van der Waals surface area contributed by atoms with E-state index in [1.165, 1.54) is 6.92 Å². The average molecular weight is 405 g/mol. The standard InChI is InChI=1S/C23H32O6/c1-12(24)29-9-6-13-10-16-20(27)17(25)5-8-22(16,2)14-4-7-23(3)15(19(13)14)11-18(26)21(23)28/h13-19,21,25-26,28H,4-5,7-8,10-11H2,1-3H3/t13?,14-,15+,16?,17?,18?,19-,21?,22-,23+/m1/s1. The summed E-state index contributed by atoms with van der Waals surface area (Å²) in [5.41, 5.74) is -0.580. The van der Waals surface area contributed by atoms with Crippen molar-refractivity contribution in [2.75, 3.05) is 0 Å². The van der Waals surface area contributed by atoms with E-state index in [1.807, 2.05) is 0 Å². The van der Waals surface area contributed by atoms with Crippen molar-refractivity contribution in [2.45, 2.75) is 77.6 Å². The summed E-state index contributed by atoms with van der Waals surface area (Å²) in [4.78, 5) is 24.1. The predicted molar refractivity (Wildman–Crippen MR) is 104 cm³/mol. The lowest BCUT2D eigenvalue weighted by molar-refractivity contribution is -0.167. The predicted octanol–water partition coefficient (Wildman–Crippen LogP) is 1.65. The Labute approximate surface area is 172 Å². The molecule has 0 aliphatic heterocycles. The maximum atomic E-state index is 12.9. The Kier molecular flexibility index (Phi) is 5.08. The van der Waals surface area contributed by atoms with E-state index in [1.54, 1.807) is 0 Å². The van der Waals surface area contributed by atoms with Crippen LogP contribution >= 0.6 is 0 Å². The summed E-state index contributed by atoms with van der Waals surface area (Å²) in [6.07, 6.45) is 4.15. The number of carbonyl (C=O) groups excluding carboxylic acids is 2. The normalized spacial score (nSPS) is 51.2. The van der Waals surface area contributed by atoms with Gasteiger partial charge in [0.05, 0.1) is 12.2 Å². The summed E-state index contributed by atoms with van der Waals surface area (Å²) in [5, 5.41) is 31.4. The number of ether oxygens (including phenoxy) is 1. The molecule has 4 saturated carbocycles. The largest absolute Gasteiger partial charge is 0.390 e. The maximum absolute atomic E-state index is 12.9. The molecule has 5 unspecified atom stereocenters. The van der Waals surface area contributed by atoms with Gasteiger partial charge < -0.3 is 20.1 Å². The van der Waals surface area contributed by atoms with Crippen molar-refractivity contribution >= 4 is 11.8 Å². The number of esters is 1. The van der Waals surface area contributed by atoms with Crippen molar-refractivity contribution in [3.63, 3.8) is 0 Å². The van der Waals surface area contributed by atoms with Gasteiger partial charge in [0.25, 0.3) is 0 Å². The summed E-state index contributed by atoms with van der Waals surface area (Å²) < 4.78 is 4.88. The van der Waals surface area contributed by atoms with Gasteiger partial charge in [-0.15, -0.1) is 0 Å². The Morgan fingerprint density at radius 3 is 2.45 bits per heavy atom. The van der Waals surface area contributed by atoms with Crippen LogP contribution in [0.15, 0.2) is 0 Å². The minimum atomic E-state index is -0.907. The minimum absolute atomic E-state index is 0.0867. The van der Waals surface area contributed by atoms with Crippen LogP contribution in [0.5, 0.6) is 0 Å². The van der Waals surface area contributed by atoms with Crippen LogP contribution in [0.1, 0.15) is 59.3 Å². The monoisotopic (exact) mass is 404 g/mol. The second-order valence-electron chi connectivity index (χ2n) is 10.3. The second kappa shape index (κ2) is 7.08. The molecule has 0 spiro atoms. The zero-order chi connectivity index (χ0) is 21.1. The van der Waals surface area contributed by atoms with Gasteiger partial charge in [-0.2, -0.15) is 0 Å². The fraction of sp³-hybridized carbons (Fsp3) is 0.826. The maximum Gasteiger partial charge on any atom is 0.316 e. The fourth-order valence-electron chi connectivity index (χ4n) is 7.41. The summed E-state index contributed by atoms with van der Waals surface area (Å²) in [6, 6.07) is 0. The third-order valence-electron chi connectivity index (χ3n) is 8.97. The van der Waals surface area contributed by atoms with Crippen molar-refractivity contribution in [1.82, 2.24) is 0 Å². The molecule has 0 aromatic carbocycles. The summed E-state index contributed by atoms with van der Waals surface area (Å²) in [7, 11) is 0. The molecule has 0 amide bonds.